The summed E-state index contributed by atoms with van der Waals surface area (Å²) in [6.45, 7) is 3.94. The quantitative estimate of drug-likeness (QED) is 0.875. The first kappa shape index (κ1) is 13.6. The Morgan fingerprint density at radius 2 is 2.06 bits per heavy atom. The molecule has 0 aliphatic heterocycles. The van der Waals surface area contributed by atoms with E-state index in [1.165, 1.54) is 0 Å². The molecule has 0 saturated carbocycles. The van der Waals surface area contributed by atoms with E-state index in [1.54, 1.807) is 19.2 Å². The highest BCUT2D eigenvalue weighted by Gasteiger charge is 2.06. The second-order valence-corrected chi connectivity index (χ2v) is 4.35. The van der Waals surface area contributed by atoms with E-state index < -0.39 is 0 Å². The molecule has 1 N–H and O–H groups in total. The molecule has 1 aromatic carbocycles. The van der Waals surface area contributed by atoms with Gasteiger partial charge in [0.1, 0.15) is 0 Å². The number of amides is 1. The van der Waals surface area contributed by atoms with E-state index in [2.05, 4.69) is 27.8 Å². The number of methoxy groups -OCH3 is 1. The van der Waals surface area contributed by atoms with Crippen molar-refractivity contribution >= 4 is 21.8 Å². The fourth-order valence-electron chi connectivity index (χ4n) is 1.13. The first-order valence-electron chi connectivity index (χ1n) is 4.99. The molecule has 0 spiro atoms. The molecule has 0 aromatic heterocycles. The van der Waals surface area contributed by atoms with E-state index in [0.717, 1.165) is 0 Å². The molecule has 4 nitrogen and oxygen atoms in total. The van der Waals surface area contributed by atoms with Gasteiger partial charge in [-0.1, -0.05) is 34.6 Å². The van der Waals surface area contributed by atoms with Crippen LogP contribution in [0.1, 0.15) is 0 Å². The van der Waals surface area contributed by atoms with Crippen LogP contribution in [-0.4, -0.2) is 26.2 Å². The SMILES string of the molecule is C=C(Br)CNC(=O)COc1ccccc1OC. The van der Waals surface area contributed by atoms with Crippen LogP contribution in [0.2, 0.25) is 0 Å². The van der Waals surface area contributed by atoms with E-state index in [9.17, 15) is 4.79 Å². The highest BCUT2D eigenvalue weighted by atomic mass is 79.9. The van der Waals surface area contributed by atoms with E-state index >= 15 is 0 Å². The summed E-state index contributed by atoms with van der Waals surface area (Å²) in [6, 6.07) is 7.17. The lowest BCUT2D eigenvalue weighted by Crippen LogP contribution is -2.29. The Hall–Kier alpha value is -1.49. The number of hydrogen-bond donors (Lipinski definition) is 1. The van der Waals surface area contributed by atoms with Gasteiger partial charge < -0.3 is 14.8 Å². The maximum atomic E-state index is 11.4. The molecular weight excluding hydrogens is 286 g/mol. The molecule has 0 atom stereocenters. The summed E-state index contributed by atoms with van der Waals surface area (Å²) < 4.78 is 11.1. The van der Waals surface area contributed by atoms with Crippen molar-refractivity contribution in [2.75, 3.05) is 20.3 Å². The number of halogens is 1. The van der Waals surface area contributed by atoms with Crippen molar-refractivity contribution in [1.82, 2.24) is 5.32 Å². The predicted octanol–water partition coefficient (Wildman–Crippen LogP) is 2.10. The van der Waals surface area contributed by atoms with E-state index in [0.29, 0.717) is 22.5 Å². The van der Waals surface area contributed by atoms with Gasteiger partial charge in [0.25, 0.3) is 5.91 Å². The Bertz CT molecular complexity index is 406. The minimum absolute atomic E-state index is 0.0549. The zero-order valence-corrected chi connectivity index (χ0v) is 11.1. The lowest BCUT2D eigenvalue weighted by atomic mass is 10.3. The molecular formula is C12H14BrNO3. The summed E-state index contributed by atoms with van der Waals surface area (Å²) in [6.07, 6.45) is 0. The lowest BCUT2D eigenvalue weighted by molar-refractivity contribution is -0.122. The summed E-state index contributed by atoms with van der Waals surface area (Å²) >= 11 is 3.15. The molecule has 0 saturated heterocycles. The molecule has 0 bridgehead atoms. The van der Waals surface area contributed by atoms with Crippen molar-refractivity contribution in [1.29, 1.82) is 0 Å². The molecule has 1 rings (SSSR count). The zero-order chi connectivity index (χ0) is 12.7. The molecule has 5 heteroatoms. The molecule has 1 amide bonds. The van der Waals surface area contributed by atoms with Crippen molar-refractivity contribution in [3.05, 3.63) is 35.3 Å². The highest BCUT2D eigenvalue weighted by molar-refractivity contribution is 9.11. The molecule has 0 aliphatic carbocycles. The normalized spacial score (nSPS) is 9.53. The monoisotopic (exact) mass is 299 g/mol. The van der Waals surface area contributed by atoms with Crippen LogP contribution in [0.4, 0.5) is 0 Å². The number of benzene rings is 1. The summed E-state index contributed by atoms with van der Waals surface area (Å²) in [5.41, 5.74) is 0. The molecule has 17 heavy (non-hydrogen) atoms. The predicted molar refractivity (Wildman–Crippen MR) is 69.6 cm³/mol. The summed E-state index contributed by atoms with van der Waals surface area (Å²) in [5.74, 6) is 0.935. The zero-order valence-electron chi connectivity index (χ0n) is 9.53. The number of hydrogen-bond acceptors (Lipinski definition) is 3. The Morgan fingerprint density at radius 3 is 2.65 bits per heavy atom. The number of rotatable bonds is 6. The van der Waals surface area contributed by atoms with Gasteiger partial charge in [0.05, 0.1) is 7.11 Å². The van der Waals surface area contributed by atoms with Gasteiger partial charge in [-0.2, -0.15) is 0 Å². The summed E-state index contributed by atoms with van der Waals surface area (Å²) in [7, 11) is 1.55. The fourth-order valence-corrected chi connectivity index (χ4v) is 1.27. The molecule has 0 radical (unpaired) electrons. The van der Waals surface area contributed by atoms with Crippen molar-refractivity contribution in [3.63, 3.8) is 0 Å². The summed E-state index contributed by atoms with van der Waals surface area (Å²) in [4.78, 5) is 11.4. The van der Waals surface area contributed by atoms with Crippen LogP contribution >= 0.6 is 15.9 Å². The maximum Gasteiger partial charge on any atom is 0.258 e. The molecule has 92 valence electrons. The molecule has 0 aliphatic rings. The average molecular weight is 300 g/mol. The minimum atomic E-state index is -0.212. The van der Waals surface area contributed by atoms with Gasteiger partial charge in [0, 0.05) is 11.0 Å². The van der Waals surface area contributed by atoms with Gasteiger partial charge >= 0.3 is 0 Å². The Kier molecular flexibility index (Phi) is 5.56. The van der Waals surface area contributed by atoms with Crippen molar-refractivity contribution in [2.45, 2.75) is 0 Å². The standard InChI is InChI=1S/C12H14BrNO3/c1-9(13)7-14-12(15)8-17-11-6-4-3-5-10(11)16-2/h3-6H,1,7-8H2,2H3,(H,14,15). The van der Waals surface area contributed by atoms with Gasteiger partial charge in [-0.3, -0.25) is 4.79 Å². The first-order valence-corrected chi connectivity index (χ1v) is 5.78. The molecule has 0 heterocycles. The Morgan fingerprint density at radius 1 is 1.41 bits per heavy atom. The van der Waals surface area contributed by atoms with Gasteiger partial charge in [0.2, 0.25) is 0 Å². The molecule has 0 unspecified atom stereocenters. The number of nitrogens with one attached hydrogen (secondary N) is 1. The van der Waals surface area contributed by atoms with Gasteiger partial charge in [-0.25, -0.2) is 0 Å². The number of carbonyl (C=O) groups is 1. The number of para-hydroxylation sites is 2. The third-order valence-electron chi connectivity index (χ3n) is 1.91. The van der Waals surface area contributed by atoms with E-state index in [-0.39, 0.29) is 12.5 Å². The van der Waals surface area contributed by atoms with Crippen LogP contribution in [-0.2, 0) is 4.79 Å². The Balaban J connectivity index is 2.44. The van der Waals surface area contributed by atoms with Crippen LogP contribution < -0.4 is 14.8 Å². The second kappa shape index (κ2) is 6.96. The molecule has 1 aromatic rings. The smallest absolute Gasteiger partial charge is 0.258 e. The van der Waals surface area contributed by atoms with Crippen molar-refractivity contribution in [2.24, 2.45) is 0 Å². The van der Waals surface area contributed by atoms with Crippen LogP contribution in [0, 0.1) is 0 Å². The van der Waals surface area contributed by atoms with Crippen molar-refractivity contribution in [3.8, 4) is 11.5 Å². The maximum absolute atomic E-state index is 11.4. The number of carbonyl (C=O) groups excluding carboxylic acids is 1. The average Bonchev–Trinajstić information content (AvgIpc) is 2.34. The largest absolute Gasteiger partial charge is 0.493 e. The van der Waals surface area contributed by atoms with Crippen LogP contribution in [0.3, 0.4) is 0 Å². The lowest BCUT2D eigenvalue weighted by Gasteiger charge is -2.10. The third-order valence-corrected chi connectivity index (χ3v) is 2.19. The fraction of sp³-hybridized carbons (Fsp3) is 0.250. The van der Waals surface area contributed by atoms with Crippen LogP contribution in [0.15, 0.2) is 35.3 Å². The van der Waals surface area contributed by atoms with Gasteiger partial charge in [-0.05, 0) is 12.1 Å². The number of ether oxygens (including phenoxy) is 2. The van der Waals surface area contributed by atoms with Gasteiger partial charge in [0.15, 0.2) is 18.1 Å². The minimum Gasteiger partial charge on any atom is -0.493 e. The van der Waals surface area contributed by atoms with Crippen LogP contribution in [0.5, 0.6) is 11.5 Å². The highest BCUT2D eigenvalue weighted by Crippen LogP contribution is 2.25. The van der Waals surface area contributed by atoms with Gasteiger partial charge in [-0.15, -0.1) is 0 Å². The first-order chi connectivity index (χ1) is 8.13. The third kappa shape index (κ3) is 4.91. The van der Waals surface area contributed by atoms with E-state index in [4.69, 9.17) is 9.47 Å². The Labute approximate surface area is 109 Å². The molecule has 0 fully saturated rings. The van der Waals surface area contributed by atoms with Crippen LogP contribution in [0.25, 0.3) is 0 Å². The topological polar surface area (TPSA) is 47.6 Å². The van der Waals surface area contributed by atoms with E-state index in [1.807, 2.05) is 12.1 Å². The summed E-state index contributed by atoms with van der Waals surface area (Å²) in [5, 5.41) is 2.64. The second-order valence-electron chi connectivity index (χ2n) is 3.23. The van der Waals surface area contributed by atoms with Crippen molar-refractivity contribution < 1.29 is 14.3 Å².